The average molecular weight is 639 g/mol. The third-order valence-corrected chi connectivity index (χ3v) is 8.62. The van der Waals surface area contributed by atoms with Crippen LogP contribution in [-0.4, -0.2) is 47.0 Å². The monoisotopic (exact) mass is 638 g/mol. The van der Waals surface area contributed by atoms with Crippen molar-refractivity contribution in [2.24, 2.45) is 5.41 Å². The highest BCUT2D eigenvalue weighted by atomic mass is 35.5. The van der Waals surface area contributed by atoms with Crippen LogP contribution in [0.3, 0.4) is 0 Å². The van der Waals surface area contributed by atoms with Crippen LogP contribution in [0, 0.1) is 17.0 Å². The third kappa shape index (κ3) is 6.35. The first-order chi connectivity index (χ1) is 20.7. The first-order valence-electron chi connectivity index (χ1n) is 13.7. The number of halogens is 6. The predicted octanol–water partition coefficient (Wildman–Crippen LogP) is 5.23. The summed E-state index contributed by atoms with van der Waals surface area (Å²) in [6.45, 7) is -0.319. The van der Waals surface area contributed by atoms with Crippen LogP contribution in [0.1, 0.15) is 69.4 Å². The van der Waals surface area contributed by atoms with Crippen molar-refractivity contribution in [2.45, 2.75) is 56.6 Å². The van der Waals surface area contributed by atoms with Gasteiger partial charge in [0.05, 0.1) is 34.8 Å². The van der Waals surface area contributed by atoms with Crippen LogP contribution in [0.15, 0.2) is 42.5 Å². The number of alkyl halides is 3. The van der Waals surface area contributed by atoms with E-state index in [4.69, 9.17) is 16.7 Å². The molecule has 3 aromatic rings. The summed E-state index contributed by atoms with van der Waals surface area (Å²) in [5, 5.41) is 17.4. The maximum atomic E-state index is 13.9. The zero-order valence-corrected chi connectivity index (χ0v) is 24.0. The molecule has 6 rings (SSSR count). The van der Waals surface area contributed by atoms with Gasteiger partial charge >= 0.3 is 6.18 Å². The number of aldehydes is 1. The molecule has 1 aromatic heterocycles. The molecule has 2 aliphatic carbocycles. The van der Waals surface area contributed by atoms with E-state index in [9.17, 15) is 36.3 Å². The van der Waals surface area contributed by atoms with Crippen LogP contribution >= 0.6 is 11.6 Å². The molecule has 234 valence electrons. The van der Waals surface area contributed by atoms with Crippen LogP contribution < -0.4 is 16.0 Å². The maximum Gasteiger partial charge on any atom is 0.416 e. The Labute approximate surface area is 253 Å². The molecule has 2 saturated carbocycles. The maximum absolute atomic E-state index is 13.9. The molecule has 1 spiro atoms. The standard InChI is InChI=1S/C22H13ClF5N3O3.C8H15NO/c23-16-2-1-12(24)6-15(16)19-20-17(7-14(9-32)31(20)8-18(33)30-19)29-21(34)10-3-11(22(26,27)28)5-13(25)4-10;1-9-6-2-8(3-6)4-7(10)5-8/h1-7,9,19H,8H2,(H,29,34)(H,30,33);6-7,9-10H,2-5H2,1H3. The summed E-state index contributed by atoms with van der Waals surface area (Å²) in [5.41, 5.74) is -1.25. The van der Waals surface area contributed by atoms with E-state index in [0.29, 0.717) is 23.8 Å². The summed E-state index contributed by atoms with van der Waals surface area (Å²) < 4.78 is 68.1. The lowest BCUT2D eigenvalue weighted by atomic mass is 9.53. The van der Waals surface area contributed by atoms with E-state index in [0.717, 1.165) is 31.0 Å². The number of aliphatic hydroxyl groups is 1. The van der Waals surface area contributed by atoms with Crippen LogP contribution in [0.25, 0.3) is 0 Å². The highest BCUT2D eigenvalue weighted by Gasteiger charge is 2.51. The number of rotatable bonds is 5. The number of anilines is 1. The topological polar surface area (TPSA) is 112 Å². The number of carbonyl (C=O) groups excluding carboxylic acids is 3. The number of fused-ring (bicyclic) bond motifs is 1. The van der Waals surface area contributed by atoms with Crippen molar-refractivity contribution >= 4 is 35.4 Å². The van der Waals surface area contributed by atoms with Gasteiger partial charge in [-0.1, -0.05) is 11.6 Å². The molecule has 3 aliphatic rings. The minimum absolute atomic E-state index is 0.0257. The van der Waals surface area contributed by atoms with Gasteiger partial charge in [-0.25, -0.2) is 8.78 Å². The molecule has 0 bridgehead atoms. The summed E-state index contributed by atoms with van der Waals surface area (Å²) >= 11 is 6.18. The zero-order chi connectivity index (χ0) is 32.0. The molecule has 8 nitrogen and oxygen atoms in total. The molecule has 14 heteroatoms. The first-order valence-corrected chi connectivity index (χ1v) is 14.1. The zero-order valence-electron chi connectivity index (χ0n) is 23.3. The Morgan fingerprint density at radius 3 is 2.41 bits per heavy atom. The van der Waals surface area contributed by atoms with E-state index in [1.54, 1.807) is 0 Å². The molecule has 0 radical (unpaired) electrons. The molecule has 2 amide bonds. The smallest absolute Gasteiger partial charge is 0.393 e. The summed E-state index contributed by atoms with van der Waals surface area (Å²) in [7, 11) is 2.02. The van der Waals surface area contributed by atoms with E-state index < -0.39 is 46.8 Å². The van der Waals surface area contributed by atoms with Crippen molar-refractivity contribution in [2.75, 3.05) is 12.4 Å². The van der Waals surface area contributed by atoms with Crippen molar-refractivity contribution in [3.63, 3.8) is 0 Å². The van der Waals surface area contributed by atoms with E-state index in [2.05, 4.69) is 16.0 Å². The van der Waals surface area contributed by atoms with Crippen LogP contribution in [-0.2, 0) is 17.5 Å². The summed E-state index contributed by atoms with van der Waals surface area (Å²) in [6, 6.07) is 5.59. The predicted molar refractivity (Wildman–Crippen MR) is 150 cm³/mol. The molecule has 1 unspecified atom stereocenters. The lowest BCUT2D eigenvalue weighted by Crippen LogP contribution is -2.55. The van der Waals surface area contributed by atoms with Gasteiger partial charge in [0.25, 0.3) is 5.91 Å². The van der Waals surface area contributed by atoms with Gasteiger partial charge < -0.3 is 25.6 Å². The lowest BCUT2D eigenvalue weighted by Gasteiger charge is -2.56. The summed E-state index contributed by atoms with van der Waals surface area (Å²) in [4.78, 5) is 36.6. The second-order valence-corrected chi connectivity index (χ2v) is 11.8. The Morgan fingerprint density at radius 1 is 1.09 bits per heavy atom. The number of nitrogens with one attached hydrogen (secondary N) is 3. The largest absolute Gasteiger partial charge is 0.416 e. The van der Waals surface area contributed by atoms with Gasteiger partial charge in [0, 0.05) is 22.2 Å². The SMILES string of the molecule is CNC1CC2(CC(O)C2)C1.O=Cc1cc(NC(=O)c2cc(F)cc(C(F)(F)F)c2)c2n1CC(=O)NC2c1cc(F)ccc1Cl. The highest BCUT2D eigenvalue weighted by Crippen LogP contribution is 2.55. The molecular formula is C30H28ClF5N4O4. The molecule has 44 heavy (non-hydrogen) atoms. The molecule has 2 fully saturated rings. The van der Waals surface area contributed by atoms with Gasteiger partial charge in [-0.2, -0.15) is 13.2 Å². The molecule has 2 heterocycles. The van der Waals surface area contributed by atoms with E-state index in [-0.39, 0.29) is 46.4 Å². The van der Waals surface area contributed by atoms with Gasteiger partial charge in [0.2, 0.25) is 5.91 Å². The molecule has 1 atom stereocenters. The third-order valence-electron chi connectivity index (χ3n) is 8.28. The summed E-state index contributed by atoms with van der Waals surface area (Å²) in [5.74, 6) is -3.58. The quantitative estimate of drug-likeness (QED) is 0.226. The normalized spacial score (nSPS) is 23.8. The number of aromatic nitrogens is 1. The van der Waals surface area contributed by atoms with Gasteiger partial charge in [-0.05, 0) is 80.6 Å². The molecular weight excluding hydrogens is 611 g/mol. The Hall–Kier alpha value is -3.81. The van der Waals surface area contributed by atoms with Gasteiger partial charge in [-0.3, -0.25) is 14.4 Å². The van der Waals surface area contributed by atoms with E-state index >= 15 is 0 Å². The Balaban J connectivity index is 0.000000322. The lowest BCUT2D eigenvalue weighted by molar-refractivity contribution is -0.137. The van der Waals surface area contributed by atoms with Crippen molar-refractivity contribution in [1.82, 2.24) is 15.2 Å². The fourth-order valence-corrected chi connectivity index (χ4v) is 6.42. The highest BCUT2D eigenvalue weighted by molar-refractivity contribution is 6.31. The van der Waals surface area contributed by atoms with Crippen molar-refractivity contribution in [3.05, 3.63) is 87.2 Å². The number of benzene rings is 2. The number of hydrogen-bond acceptors (Lipinski definition) is 5. The Kier molecular flexibility index (Phi) is 8.58. The number of hydrogen-bond donors (Lipinski definition) is 4. The van der Waals surface area contributed by atoms with E-state index in [1.807, 2.05) is 7.05 Å². The van der Waals surface area contributed by atoms with Gasteiger partial charge in [0.15, 0.2) is 6.29 Å². The second kappa shape index (κ2) is 11.9. The fraction of sp³-hybridized carbons (Fsp3) is 0.367. The first kappa shape index (κ1) is 31.6. The van der Waals surface area contributed by atoms with Crippen LogP contribution in [0.5, 0.6) is 0 Å². The molecule has 4 N–H and O–H groups in total. The van der Waals surface area contributed by atoms with Crippen LogP contribution in [0.4, 0.5) is 27.6 Å². The summed E-state index contributed by atoms with van der Waals surface area (Å²) in [6.07, 6.45) is 0.252. The average Bonchev–Trinajstić information content (AvgIpc) is 3.27. The Morgan fingerprint density at radius 2 is 1.80 bits per heavy atom. The molecule has 2 aromatic carbocycles. The molecule has 0 saturated heterocycles. The number of aliphatic hydroxyl groups excluding tert-OH is 1. The second-order valence-electron chi connectivity index (χ2n) is 11.4. The van der Waals surface area contributed by atoms with E-state index in [1.165, 1.54) is 29.5 Å². The minimum Gasteiger partial charge on any atom is -0.393 e. The van der Waals surface area contributed by atoms with Gasteiger partial charge in [0.1, 0.15) is 18.2 Å². The van der Waals surface area contributed by atoms with Crippen LogP contribution in [0.2, 0.25) is 5.02 Å². The number of amides is 2. The van der Waals surface area contributed by atoms with Gasteiger partial charge in [-0.15, -0.1) is 0 Å². The Bertz CT molecular complexity index is 1610. The number of nitrogens with zero attached hydrogens (tertiary/aromatic N) is 1. The van der Waals surface area contributed by atoms with Crippen molar-refractivity contribution in [3.8, 4) is 0 Å². The fourth-order valence-electron chi connectivity index (χ4n) is 6.19. The number of carbonyl (C=O) groups is 3. The molecule has 1 aliphatic heterocycles. The minimum atomic E-state index is -4.89. The van der Waals surface area contributed by atoms with Crippen molar-refractivity contribution in [1.29, 1.82) is 0 Å². The van der Waals surface area contributed by atoms with Crippen molar-refractivity contribution < 1.29 is 41.4 Å².